The second kappa shape index (κ2) is 4.47. The lowest BCUT2D eigenvalue weighted by atomic mass is 9.94. The van der Waals surface area contributed by atoms with Crippen LogP contribution >= 0.6 is 0 Å². The molecule has 5 heteroatoms. The molecule has 0 spiro atoms. The zero-order chi connectivity index (χ0) is 11.6. The van der Waals surface area contributed by atoms with Crippen molar-refractivity contribution in [2.24, 2.45) is 5.41 Å². The molecule has 2 unspecified atom stereocenters. The molecule has 3 N–H and O–H groups in total. The fraction of sp³-hybridized carbons (Fsp3) is 0.900. The minimum absolute atomic E-state index is 0.00139. The number of piperazine rings is 1. The molecule has 0 aliphatic carbocycles. The Morgan fingerprint density at radius 1 is 1.47 bits per heavy atom. The van der Waals surface area contributed by atoms with E-state index in [4.69, 9.17) is 5.11 Å². The Morgan fingerprint density at radius 3 is 2.53 bits per heavy atom. The number of nitrogens with one attached hydrogen (secondary N) is 1. The summed E-state index contributed by atoms with van der Waals surface area (Å²) in [5, 5.41) is 21.3. The summed E-state index contributed by atoms with van der Waals surface area (Å²) in [6.07, 6.45) is -0.748. The van der Waals surface area contributed by atoms with Crippen LogP contribution < -0.4 is 5.32 Å². The minimum Gasteiger partial charge on any atom is -0.395 e. The molecule has 1 aliphatic heterocycles. The van der Waals surface area contributed by atoms with Gasteiger partial charge in [-0.1, -0.05) is 20.8 Å². The predicted octanol–water partition coefficient (Wildman–Crippen LogP) is -0.856. The standard InChI is InChI=1S/C10H20N2O3/c1-10(2,3)9(15)12-4-7(6-13)11-8(14)5-12/h7-8,11,13-14H,4-6H2,1-3H3. The van der Waals surface area contributed by atoms with Crippen LogP contribution in [0, 0.1) is 5.41 Å². The molecule has 0 saturated carbocycles. The highest BCUT2D eigenvalue weighted by Crippen LogP contribution is 2.19. The third kappa shape index (κ3) is 3.15. The van der Waals surface area contributed by atoms with E-state index in [0.717, 1.165) is 0 Å². The molecule has 2 atom stereocenters. The topological polar surface area (TPSA) is 72.8 Å². The van der Waals surface area contributed by atoms with E-state index in [1.54, 1.807) is 4.90 Å². The fourth-order valence-electron chi connectivity index (χ4n) is 1.68. The van der Waals surface area contributed by atoms with E-state index in [2.05, 4.69) is 5.32 Å². The highest BCUT2D eigenvalue weighted by Gasteiger charge is 2.33. The number of carbonyl (C=O) groups is 1. The van der Waals surface area contributed by atoms with Crippen molar-refractivity contribution in [3.8, 4) is 0 Å². The minimum atomic E-state index is -0.748. The lowest BCUT2D eigenvalue weighted by molar-refractivity contribution is -0.144. The highest BCUT2D eigenvalue weighted by atomic mass is 16.3. The molecule has 0 aromatic rings. The number of rotatable bonds is 1. The molecule has 0 bridgehead atoms. The molecule has 88 valence electrons. The van der Waals surface area contributed by atoms with Crippen LogP contribution in [0.4, 0.5) is 0 Å². The first-order valence-electron chi connectivity index (χ1n) is 5.19. The van der Waals surface area contributed by atoms with Crippen molar-refractivity contribution in [3.63, 3.8) is 0 Å². The van der Waals surface area contributed by atoms with E-state index in [1.165, 1.54) is 0 Å². The van der Waals surface area contributed by atoms with Gasteiger partial charge in [0.15, 0.2) is 0 Å². The number of β-amino-alcohol motifs (C(OH)–C–C–N with tert-alkyl or cyclic N) is 1. The van der Waals surface area contributed by atoms with Crippen LogP contribution in [0.5, 0.6) is 0 Å². The van der Waals surface area contributed by atoms with Gasteiger partial charge in [-0.05, 0) is 0 Å². The molecule has 1 fully saturated rings. The molecule has 0 aromatic heterocycles. The predicted molar refractivity (Wildman–Crippen MR) is 56.1 cm³/mol. The molecule has 1 saturated heterocycles. The van der Waals surface area contributed by atoms with Crippen molar-refractivity contribution >= 4 is 5.91 Å². The number of hydrogen-bond donors (Lipinski definition) is 3. The number of hydrogen-bond acceptors (Lipinski definition) is 4. The van der Waals surface area contributed by atoms with E-state index in [1.807, 2.05) is 20.8 Å². The molecule has 1 amide bonds. The summed E-state index contributed by atoms with van der Waals surface area (Å²) < 4.78 is 0. The number of nitrogens with zero attached hydrogens (tertiary/aromatic N) is 1. The molecule has 15 heavy (non-hydrogen) atoms. The van der Waals surface area contributed by atoms with Crippen molar-refractivity contribution < 1.29 is 15.0 Å². The summed E-state index contributed by atoms with van der Waals surface area (Å²) in [5.41, 5.74) is -0.447. The third-order valence-corrected chi connectivity index (χ3v) is 2.41. The van der Waals surface area contributed by atoms with Gasteiger partial charge in [0.1, 0.15) is 6.23 Å². The van der Waals surface area contributed by atoms with Gasteiger partial charge >= 0.3 is 0 Å². The van der Waals surface area contributed by atoms with Gasteiger partial charge in [-0.2, -0.15) is 0 Å². The first kappa shape index (κ1) is 12.4. The quantitative estimate of drug-likeness (QED) is 0.533. The Kier molecular flexibility index (Phi) is 3.70. The lowest BCUT2D eigenvalue weighted by Gasteiger charge is -2.38. The van der Waals surface area contributed by atoms with Gasteiger partial charge in [-0.3, -0.25) is 10.1 Å². The van der Waals surface area contributed by atoms with Crippen molar-refractivity contribution in [3.05, 3.63) is 0 Å². The van der Waals surface area contributed by atoms with Gasteiger partial charge in [0.25, 0.3) is 0 Å². The normalized spacial score (nSPS) is 27.9. The van der Waals surface area contributed by atoms with E-state index in [-0.39, 0.29) is 25.1 Å². The summed E-state index contributed by atoms with van der Waals surface area (Å²) in [6.45, 7) is 6.19. The van der Waals surface area contributed by atoms with Crippen LogP contribution in [-0.4, -0.2) is 53.0 Å². The number of aliphatic hydroxyl groups is 2. The number of aliphatic hydroxyl groups excluding tert-OH is 2. The summed E-state index contributed by atoms with van der Waals surface area (Å²) in [5.74, 6) is 0.00139. The molecular formula is C10H20N2O3. The first-order chi connectivity index (χ1) is 6.84. The van der Waals surface area contributed by atoms with E-state index < -0.39 is 11.6 Å². The summed E-state index contributed by atoms with van der Waals surface area (Å²) in [7, 11) is 0. The van der Waals surface area contributed by atoms with Crippen molar-refractivity contribution in [2.75, 3.05) is 19.7 Å². The third-order valence-electron chi connectivity index (χ3n) is 2.41. The molecule has 5 nitrogen and oxygen atoms in total. The van der Waals surface area contributed by atoms with Crippen LogP contribution in [-0.2, 0) is 4.79 Å². The summed E-state index contributed by atoms with van der Waals surface area (Å²) in [4.78, 5) is 13.5. The second-order valence-electron chi connectivity index (χ2n) is 5.02. The van der Waals surface area contributed by atoms with Crippen LogP contribution in [0.1, 0.15) is 20.8 Å². The molecule has 1 heterocycles. The second-order valence-corrected chi connectivity index (χ2v) is 5.02. The van der Waals surface area contributed by atoms with Gasteiger partial charge in [-0.25, -0.2) is 0 Å². The Hall–Kier alpha value is -0.650. The number of carbonyl (C=O) groups excluding carboxylic acids is 1. The van der Waals surface area contributed by atoms with Crippen molar-refractivity contribution in [1.29, 1.82) is 0 Å². The summed E-state index contributed by atoms with van der Waals surface area (Å²) >= 11 is 0. The molecule has 0 aromatic carbocycles. The van der Waals surface area contributed by atoms with Crippen LogP contribution in [0.3, 0.4) is 0 Å². The van der Waals surface area contributed by atoms with Crippen molar-refractivity contribution in [2.45, 2.75) is 33.0 Å². The smallest absolute Gasteiger partial charge is 0.228 e. The maximum absolute atomic E-state index is 11.9. The van der Waals surface area contributed by atoms with Gasteiger partial charge < -0.3 is 15.1 Å². The highest BCUT2D eigenvalue weighted by molar-refractivity contribution is 5.81. The fourth-order valence-corrected chi connectivity index (χ4v) is 1.68. The van der Waals surface area contributed by atoms with Crippen LogP contribution in [0.15, 0.2) is 0 Å². The molecular weight excluding hydrogens is 196 g/mol. The Balaban J connectivity index is 2.66. The average Bonchev–Trinajstić information content (AvgIpc) is 2.14. The van der Waals surface area contributed by atoms with Gasteiger partial charge in [0.2, 0.25) is 5.91 Å². The molecule has 1 rings (SSSR count). The largest absolute Gasteiger partial charge is 0.395 e. The maximum atomic E-state index is 11.9. The summed E-state index contributed by atoms with van der Waals surface area (Å²) in [6, 6.07) is -0.236. The molecule has 1 aliphatic rings. The Labute approximate surface area is 90.1 Å². The first-order valence-corrected chi connectivity index (χ1v) is 5.19. The SMILES string of the molecule is CC(C)(C)C(=O)N1CC(O)NC(CO)C1. The van der Waals surface area contributed by atoms with E-state index in [9.17, 15) is 9.90 Å². The molecule has 0 radical (unpaired) electrons. The van der Waals surface area contributed by atoms with Gasteiger partial charge in [-0.15, -0.1) is 0 Å². The Bertz CT molecular complexity index is 237. The van der Waals surface area contributed by atoms with Crippen LogP contribution in [0.25, 0.3) is 0 Å². The lowest BCUT2D eigenvalue weighted by Crippen LogP contribution is -2.60. The van der Waals surface area contributed by atoms with Gasteiger partial charge in [0.05, 0.1) is 13.2 Å². The van der Waals surface area contributed by atoms with E-state index >= 15 is 0 Å². The van der Waals surface area contributed by atoms with Gasteiger partial charge in [0, 0.05) is 18.0 Å². The van der Waals surface area contributed by atoms with E-state index in [0.29, 0.717) is 6.54 Å². The van der Waals surface area contributed by atoms with Crippen LogP contribution in [0.2, 0.25) is 0 Å². The number of amides is 1. The Morgan fingerprint density at radius 2 is 2.07 bits per heavy atom. The average molecular weight is 216 g/mol. The zero-order valence-electron chi connectivity index (χ0n) is 9.53. The van der Waals surface area contributed by atoms with Crippen molar-refractivity contribution in [1.82, 2.24) is 10.2 Å². The zero-order valence-corrected chi connectivity index (χ0v) is 9.53. The monoisotopic (exact) mass is 216 g/mol. The maximum Gasteiger partial charge on any atom is 0.228 e.